The Balaban J connectivity index is 1.28. The van der Waals surface area contributed by atoms with Crippen LogP contribution in [0.4, 0.5) is 14.5 Å². The molecular formula is C28H37F2N3O4. The topological polar surface area (TPSA) is 83.9 Å². The van der Waals surface area contributed by atoms with Crippen molar-refractivity contribution in [1.82, 2.24) is 9.88 Å². The monoisotopic (exact) mass is 517 g/mol. The SMILES string of the molecule is CC(C)OCc1ccc(F)cc1C(C(=O)O)N1CC[C@@H](OCCCCc2cc(F)c3c(n2)CCCN3)C1. The second-order valence-corrected chi connectivity index (χ2v) is 10.1. The van der Waals surface area contributed by atoms with E-state index < -0.39 is 17.8 Å². The average Bonchev–Trinajstić information content (AvgIpc) is 3.31. The number of rotatable bonds is 12. The van der Waals surface area contributed by atoms with Crippen LogP contribution >= 0.6 is 0 Å². The molecule has 4 rings (SSSR count). The fraction of sp³-hybridized carbons (Fsp3) is 0.571. The minimum Gasteiger partial charge on any atom is -0.480 e. The largest absolute Gasteiger partial charge is 0.480 e. The van der Waals surface area contributed by atoms with Crippen molar-refractivity contribution in [3.8, 4) is 0 Å². The second-order valence-electron chi connectivity index (χ2n) is 10.1. The summed E-state index contributed by atoms with van der Waals surface area (Å²) in [5.41, 5.74) is 3.22. The van der Waals surface area contributed by atoms with E-state index in [2.05, 4.69) is 10.3 Å². The Morgan fingerprint density at radius 3 is 2.89 bits per heavy atom. The molecule has 2 atom stereocenters. The summed E-state index contributed by atoms with van der Waals surface area (Å²) in [7, 11) is 0. The van der Waals surface area contributed by atoms with Crippen molar-refractivity contribution in [3.05, 3.63) is 58.4 Å². The van der Waals surface area contributed by atoms with Crippen molar-refractivity contribution < 1.29 is 28.2 Å². The number of likely N-dealkylation sites (tertiary alicyclic amines) is 1. The highest BCUT2D eigenvalue weighted by Crippen LogP contribution is 2.30. The molecule has 202 valence electrons. The van der Waals surface area contributed by atoms with Crippen LogP contribution in [0.2, 0.25) is 0 Å². The number of nitrogens with zero attached hydrogens (tertiary/aromatic N) is 2. The quantitative estimate of drug-likeness (QED) is 0.388. The summed E-state index contributed by atoms with van der Waals surface area (Å²) in [5.74, 6) is -1.71. The standard InChI is InChI=1S/C28H37F2N3O4/c1-18(2)37-17-19-8-9-20(29)14-23(19)27(28(34)35)33-12-10-22(16-33)36-13-4-3-6-21-15-24(30)26-25(32-21)7-5-11-31-26/h8-9,14-15,18,22,27,31H,3-7,10-13,16-17H2,1-2H3,(H,34,35)/t22-,27?/m1/s1. The zero-order valence-corrected chi connectivity index (χ0v) is 21.6. The minimum absolute atomic E-state index is 0.0233. The second kappa shape index (κ2) is 12.8. The Kier molecular flexibility index (Phi) is 9.45. The molecule has 9 heteroatoms. The predicted octanol–water partition coefficient (Wildman–Crippen LogP) is 4.88. The lowest BCUT2D eigenvalue weighted by Crippen LogP contribution is -2.34. The van der Waals surface area contributed by atoms with Crippen LogP contribution in [0.25, 0.3) is 0 Å². The van der Waals surface area contributed by atoms with Gasteiger partial charge in [0.1, 0.15) is 17.7 Å². The van der Waals surface area contributed by atoms with E-state index in [-0.39, 0.29) is 24.6 Å². The number of nitrogens with one attached hydrogen (secondary N) is 1. The van der Waals surface area contributed by atoms with E-state index in [1.807, 2.05) is 18.7 Å². The molecule has 1 aromatic heterocycles. The maximum Gasteiger partial charge on any atom is 0.325 e. The van der Waals surface area contributed by atoms with E-state index in [0.717, 1.165) is 43.6 Å². The average molecular weight is 518 g/mol. The van der Waals surface area contributed by atoms with Gasteiger partial charge in [0.05, 0.1) is 30.2 Å². The number of carbonyl (C=O) groups is 1. The number of carboxylic acids is 1. The van der Waals surface area contributed by atoms with Gasteiger partial charge in [0, 0.05) is 31.9 Å². The first-order chi connectivity index (χ1) is 17.8. The molecule has 2 aliphatic rings. The summed E-state index contributed by atoms with van der Waals surface area (Å²) in [6.45, 7) is 6.36. The van der Waals surface area contributed by atoms with Crippen molar-refractivity contribution in [2.75, 3.05) is 31.6 Å². The van der Waals surface area contributed by atoms with Gasteiger partial charge in [0.25, 0.3) is 0 Å². The van der Waals surface area contributed by atoms with Crippen LogP contribution in [0.3, 0.4) is 0 Å². The Morgan fingerprint density at radius 2 is 2.11 bits per heavy atom. The first-order valence-electron chi connectivity index (χ1n) is 13.2. The molecule has 1 saturated heterocycles. The highest BCUT2D eigenvalue weighted by Gasteiger charge is 2.35. The number of pyridine rings is 1. The number of unbranched alkanes of at least 4 members (excludes halogenated alkanes) is 1. The number of hydrogen-bond donors (Lipinski definition) is 2. The van der Waals surface area contributed by atoms with Crippen LogP contribution in [-0.4, -0.2) is 59.4 Å². The van der Waals surface area contributed by atoms with Crippen LogP contribution in [0.5, 0.6) is 0 Å². The summed E-state index contributed by atoms with van der Waals surface area (Å²) in [6.07, 6.45) is 4.68. The summed E-state index contributed by atoms with van der Waals surface area (Å²) < 4.78 is 40.1. The zero-order valence-electron chi connectivity index (χ0n) is 21.6. The van der Waals surface area contributed by atoms with E-state index in [1.54, 1.807) is 6.07 Å². The molecule has 1 aromatic carbocycles. The first kappa shape index (κ1) is 27.4. The third-order valence-corrected chi connectivity index (χ3v) is 6.92. The lowest BCUT2D eigenvalue weighted by atomic mass is 9.99. The molecular weight excluding hydrogens is 480 g/mol. The van der Waals surface area contributed by atoms with Crippen molar-refractivity contribution in [1.29, 1.82) is 0 Å². The number of fused-ring (bicyclic) bond motifs is 1. The van der Waals surface area contributed by atoms with Gasteiger partial charge in [-0.25, -0.2) is 8.78 Å². The number of aromatic nitrogens is 1. The number of hydrogen-bond acceptors (Lipinski definition) is 6. The number of aryl methyl sites for hydroxylation is 2. The van der Waals surface area contributed by atoms with Gasteiger partial charge in [-0.3, -0.25) is 14.7 Å². The van der Waals surface area contributed by atoms with Crippen molar-refractivity contribution in [2.45, 2.75) is 77.2 Å². The summed E-state index contributed by atoms with van der Waals surface area (Å²) in [5, 5.41) is 13.1. The number of benzene rings is 1. The van der Waals surface area contributed by atoms with Gasteiger partial charge in [-0.05, 0) is 81.7 Å². The van der Waals surface area contributed by atoms with Gasteiger partial charge in [0.15, 0.2) is 0 Å². The highest BCUT2D eigenvalue weighted by atomic mass is 19.1. The Labute approximate surface area is 217 Å². The lowest BCUT2D eigenvalue weighted by Gasteiger charge is -2.26. The molecule has 3 heterocycles. The predicted molar refractivity (Wildman–Crippen MR) is 137 cm³/mol. The number of aliphatic carboxylic acids is 1. The molecule has 1 unspecified atom stereocenters. The van der Waals surface area contributed by atoms with E-state index >= 15 is 0 Å². The van der Waals surface area contributed by atoms with Crippen molar-refractivity contribution in [3.63, 3.8) is 0 Å². The Hall–Kier alpha value is -2.62. The zero-order chi connectivity index (χ0) is 26.4. The van der Waals surface area contributed by atoms with Crippen LogP contribution < -0.4 is 5.32 Å². The molecule has 0 radical (unpaired) electrons. The molecule has 1 fully saturated rings. The summed E-state index contributed by atoms with van der Waals surface area (Å²) in [4.78, 5) is 18.7. The van der Waals surface area contributed by atoms with Crippen molar-refractivity contribution in [2.24, 2.45) is 0 Å². The molecule has 2 aromatic rings. The smallest absolute Gasteiger partial charge is 0.325 e. The van der Waals surface area contributed by atoms with E-state index in [9.17, 15) is 18.7 Å². The van der Waals surface area contributed by atoms with E-state index in [1.165, 1.54) is 18.2 Å². The summed E-state index contributed by atoms with van der Waals surface area (Å²) >= 11 is 0. The molecule has 0 saturated carbocycles. The van der Waals surface area contributed by atoms with Crippen LogP contribution in [-0.2, 0) is 33.7 Å². The van der Waals surface area contributed by atoms with Gasteiger partial charge in [0.2, 0.25) is 0 Å². The van der Waals surface area contributed by atoms with Crippen molar-refractivity contribution >= 4 is 11.7 Å². The maximum absolute atomic E-state index is 14.3. The first-order valence-corrected chi connectivity index (χ1v) is 13.2. The molecule has 0 aliphatic carbocycles. The maximum atomic E-state index is 14.3. The van der Waals surface area contributed by atoms with Crippen LogP contribution in [0.15, 0.2) is 24.3 Å². The number of anilines is 1. The Morgan fingerprint density at radius 1 is 1.27 bits per heavy atom. The fourth-order valence-corrected chi connectivity index (χ4v) is 5.06. The minimum atomic E-state index is -1.02. The molecule has 37 heavy (non-hydrogen) atoms. The molecule has 0 bridgehead atoms. The van der Waals surface area contributed by atoms with Crippen LogP contribution in [0.1, 0.15) is 68.1 Å². The van der Waals surface area contributed by atoms with E-state index in [0.29, 0.717) is 49.4 Å². The molecule has 0 amide bonds. The fourth-order valence-electron chi connectivity index (χ4n) is 5.06. The molecule has 7 nitrogen and oxygen atoms in total. The van der Waals surface area contributed by atoms with Gasteiger partial charge in [-0.2, -0.15) is 0 Å². The highest BCUT2D eigenvalue weighted by molar-refractivity contribution is 5.76. The summed E-state index contributed by atoms with van der Waals surface area (Å²) in [6, 6.07) is 4.80. The van der Waals surface area contributed by atoms with Gasteiger partial charge < -0.3 is 19.9 Å². The number of carboxylic acid groups (broad SMARTS) is 1. The van der Waals surface area contributed by atoms with Gasteiger partial charge in [-0.1, -0.05) is 6.07 Å². The normalized spacial score (nSPS) is 18.6. The molecule has 0 spiro atoms. The third kappa shape index (κ3) is 7.24. The number of ether oxygens (including phenoxy) is 2. The van der Waals surface area contributed by atoms with Gasteiger partial charge >= 0.3 is 5.97 Å². The Bertz CT molecular complexity index is 1080. The van der Waals surface area contributed by atoms with Gasteiger partial charge in [-0.15, -0.1) is 0 Å². The molecule has 2 N–H and O–H groups in total. The molecule has 2 aliphatic heterocycles. The number of halogens is 2. The lowest BCUT2D eigenvalue weighted by molar-refractivity contribution is -0.143. The van der Waals surface area contributed by atoms with Crippen LogP contribution in [0, 0.1) is 11.6 Å². The van der Waals surface area contributed by atoms with E-state index in [4.69, 9.17) is 9.47 Å². The third-order valence-electron chi connectivity index (χ3n) is 6.92.